The Morgan fingerprint density at radius 2 is 1.75 bits per heavy atom. The van der Waals surface area contributed by atoms with Gasteiger partial charge in [0.2, 0.25) is 0 Å². The van der Waals surface area contributed by atoms with Gasteiger partial charge in [-0.15, -0.1) is 0 Å². The van der Waals surface area contributed by atoms with Crippen LogP contribution in [0.2, 0.25) is 0 Å². The molecule has 0 saturated carbocycles. The number of rotatable bonds is 0. The molecule has 4 heavy (non-hydrogen) atoms. The van der Waals surface area contributed by atoms with Gasteiger partial charge in [-0.3, -0.25) is 0 Å². The SMILES string of the molecule is N[C-]=S.[Ni]. The van der Waals surface area contributed by atoms with Crippen LogP contribution in [0.15, 0.2) is 0 Å². The largest absolute Gasteiger partial charge is 0.570 e. The van der Waals surface area contributed by atoms with Crippen LogP contribution >= 0.6 is 12.2 Å². The summed E-state index contributed by atoms with van der Waals surface area (Å²) >= 11 is 3.92. The fourth-order valence-electron chi connectivity index (χ4n) is 0. The van der Waals surface area contributed by atoms with Crippen molar-refractivity contribution in [3.8, 4) is 0 Å². The molecule has 0 aliphatic heterocycles. The summed E-state index contributed by atoms with van der Waals surface area (Å²) in [6, 6.07) is 0. The third-order valence-corrected chi connectivity index (χ3v) is 0. The molecule has 0 bridgehead atoms. The molecule has 28 valence electrons. The van der Waals surface area contributed by atoms with Crippen LogP contribution in [-0.2, 0) is 16.5 Å². The van der Waals surface area contributed by atoms with Crippen molar-refractivity contribution in [2.24, 2.45) is 5.73 Å². The van der Waals surface area contributed by atoms with E-state index in [0.29, 0.717) is 0 Å². The van der Waals surface area contributed by atoms with Crippen molar-refractivity contribution in [3.63, 3.8) is 0 Å². The normalized spacial score (nSPS) is 3.00. The van der Waals surface area contributed by atoms with Crippen LogP contribution < -0.4 is 5.73 Å². The second-order valence-electron chi connectivity index (χ2n) is 0.118. The number of hydrogen-bond acceptors (Lipinski definition) is 1. The van der Waals surface area contributed by atoms with Crippen molar-refractivity contribution in [2.75, 3.05) is 0 Å². The second kappa shape index (κ2) is 10.0. The molecule has 0 amide bonds. The van der Waals surface area contributed by atoms with E-state index >= 15 is 0 Å². The molecular weight excluding hydrogens is 117 g/mol. The topological polar surface area (TPSA) is 26.0 Å². The van der Waals surface area contributed by atoms with Crippen molar-refractivity contribution < 1.29 is 16.5 Å². The zero-order chi connectivity index (χ0) is 2.71. The van der Waals surface area contributed by atoms with Crippen molar-refractivity contribution in [3.05, 3.63) is 0 Å². The van der Waals surface area contributed by atoms with Gasteiger partial charge in [0.1, 0.15) is 0 Å². The van der Waals surface area contributed by atoms with E-state index in [4.69, 9.17) is 0 Å². The second-order valence-corrected chi connectivity index (χ2v) is 0.354. The van der Waals surface area contributed by atoms with Crippen LogP contribution in [0, 0.1) is 0 Å². The van der Waals surface area contributed by atoms with Crippen LogP contribution in [0.5, 0.6) is 0 Å². The fraction of sp³-hybridized carbons (Fsp3) is 0. The molecule has 0 rings (SSSR count). The van der Waals surface area contributed by atoms with Crippen LogP contribution in [-0.4, -0.2) is 5.49 Å². The first-order valence-electron chi connectivity index (χ1n) is 0.493. The van der Waals surface area contributed by atoms with Crippen LogP contribution in [0.25, 0.3) is 0 Å². The maximum atomic E-state index is 4.41. The molecule has 3 heteroatoms. The Balaban J connectivity index is 0. The van der Waals surface area contributed by atoms with Gasteiger partial charge in [0.05, 0.1) is 0 Å². The van der Waals surface area contributed by atoms with Gasteiger partial charge in [-0.1, -0.05) is 0 Å². The van der Waals surface area contributed by atoms with Gasteiger partial charge in [-0.2, -0.15) is 0 Å². The summed E-state index contributed by atoms with van der Waals surface area (Å²) in [4.78, 5) is 0. The molecule has 0 radical (unpaired) electrons. The van der Waals surface area contributed by atoms with E-state index in [1.165, 1.54) is 0 Å². The summed E-state index contributed by atoms with van der Waals surface area (Å²) in [7, 11) is 0. The molecule has 2 N–H and O–H groups in total. The van der Waals surface area contributed by atoms with E-state index in [9.17, 15) is 0 Å². The minimum atomic E-state index is 0. The Morgan fingerprint density at radius 3 is 1.75 bits per heavy atom. The Labute approximate surface area is 40.5 Å². The van der Waals surface area contributed by atoms with Crippen LogP contribution in [0.1, 0.15) is 0 Å². The van der Waals surface area contributed by atoms with E-state index in [1.807, 2.05) is 5.49 Å². The van der Waals surface area contributed by atoms with Gasteiger partial charge in [0.25, 0.3) is 0 Å². The van der Waals surface area contributed by atoms with Gasteiger partial charge in [-0.25, -0.2) is 0 Å². The van der Waals surface area contributed by atoms with Crippen molar-refractivity contribution in [1.82, 2.24) is 0 Å². The fourth-order valence-corrected chi connectivity index (χ4v) is 0. The van der Waals surface area contributed by atoms with Gasteiger partial charge in [-0.05, 0) is 0 Å². The van der Waals surface area contributed by atoms with E-state index < -0.39 is 0 Å². The Bertz CT molecular complexity index is 15.5. The molecule has 0 aromatic rings. The molecule has 0 aliphatic carbocycles. The van der Waals surface area contributed by atoms with Crippen molar-refractivity contribution in [2.45, 2.75) is 0 Å². The van der Waals surface area contributed by atoms with Gasteiger partial charge >= 0.3 is 0 Å². The van der Waals surface area contributed by atoms with Crippen LogP contribution in [0.4, 0.5) is 0 Å². The zero-order valence-corrected chi connectivity index (χ0v) is 3.61. The minimum absolute atomic E-state index is 0. The van der Waals surface area contributed by atoms with Crippen molar-refractivity contribution in [1.29, 1.82) is 0 Å². The maximum absolute atomic E-state index is 4.41. The predicted molar refractivity (Wildman–Crippen MR) is 16.8 cm³/mol. The molecule has 0 heterocycles. The summed E-state index contributed by atoms with van der Waals surface area (Å²) in [5.41, 5.74) is 6.25. The summed E-state index contributed by atoms with van der Waals surface area (Å²) in [6.07, 6.45) is 0. The molecule has 0 unspecified atom stereocenters. The Kier molecular flexibility index (Phi) is 22.2. The minimum Gasteiger partial charge on any atom is -0.570 e. The molecule has 0 aromatic carbocycles. The first-order valence-corrected chi connectivity index (χ1v) is 0.901. The number of thiocarbonyl (C=S) groups is 1. The molecule has 1 nitrogen and oxygen atoms in total. The molecule has 0 spiro atoms. The molecule has 0 fully saturated rings. The van der Waals surface area contributed by atoms with Crippen LogP contribution in [0.3, 0.4) is 0 Å². The summed E-state index contributed by atoms with van der Waals surface area (Å²) in [5, 5.41) is 0. The average molecular weight is 119 g/mol. The molecule has 0 atom stereocenters. The number of hydrogen-bond donors (Lipinski definition) is 1. The standard InChI is InChI=1S/CH2NS.Ni/c2-1-3;/h(H2,2,3);/q-1;. The van der Waals surface area contributed by atoms with Gasteiger partial charge < -0.3 is 23.4 Å². The quantitative estimate of drug-likeness (QED) is 0.206. The number of nitrogens with two attached hydrogens (primary N) is 1. The molecular formula is CH2NNiS-. The van der Waals surface area contributed by atoms with E-state index in [1.54, 1.807) is 0 Å². The smallest absolute Gasteiger partial charge is 0 e. The van der Waals surface area contributed by atoms with Crippen molar-refractivity contribution >= 4 is 17.7 Å². The summed E-state index contributed by atoms with van der Waals surface area (Å²) in [5.74, 6) is 0. The Hall–Kier alpha value is 0.384. The first-order chi connectivity index (χ1) is 1.41. The summed E-state index contributed by atoms with van der Waals surface area (Å²) in [6.45, 7) is 0. The third kappa shape index (κ3) is 31.0. The molecule has 0 saturated heterocycles. The van der Waals surface area contributed by atoms with Gasteiger partial charge in [0.15, 0.2) is 0 Å². The van der Waals surface area contributed by atoms with E-state index in [0.717, 1.165) is 0 Å². The summed E-state index contributed by atoms with van der Waals surface area (Å²) < 4.78 is 0. The zero-order valence-electron chi connectivity index (χ0n) is 1.80. The van der Waals surface area contributed by atoms with E-state index in [-0.39, 0.29) is 16.5 Å². The van der Waals surface area contributed by atoms with Gasteiger partial charge in [0, 0.05) is 16.5 Å². The van der Waals surface area contributed by atoms with E-state index in [2.05, 4.69) is 18.0 Å². The average Bonchev–Trinajstić information content (AvgIpc) is 0.918. The molecule has 0 aromatic heterocycles. The third-order valence-electron chi connectivity index (χ3n) is 0. The predicted octanol–water partition coefficient (Wildman–Crippen LogP) is -0.223. The first kappa shape index (κ1) is 8.83. The Morgan fingerprint density at radius 1 is 1.75 bits per heavy atom. The maximum Gasteiger partial charge on any atom is 0 e. The molecule has 0 aliphatic rings. The monoisotopic (exact) mass is 118 g/mol.